The normalized spacial score (nSPS) is 23.8. The Morgan fingerprint density at radius 2 is 1.96 bits per heavy atom. The van der Waals surface area contributed by atoms with Gasteiger partial charge < -0.3 is 4.90 Å². The fraction of sp³-hybridized carbons (Fsp3) is 0.524. The summed E-state index contributed by atoms with van der Waals surface area (Å²) in [5.74, 6) is 1.23. The topological polar surface area (TPSA) is 44.7 Å². The highest BCUT2D eigenvalue weighted by Crippen LogP contribution is 2.58. The molecule has 0 heterocycles. The summed E-state index contributed by atoms with van der Waals surface area (Å²) in [6.45, 7) is 10.8. The number of benzene rings is 1. The van der Waals surface area contributed by atoms with Crippen LogP contribution in [0, 0.1) is 17.3 Å². The Hall–Kier alpha value is -2.10. The van der Waals surface area contributed by atoms with Gasteiger partial charge >= 0.3 is 0 Å². The van der Waals surface area contributed by atoms with Crippen LogP contribution < -0.4 is 10.3 Å². The first-order chi connectivity index (χ1) is 12.0. The van der Waals surface area contributed by atoms with E-state index in [1.807, 2.05) is 30.5 Å². The molecule has 1 N–H and O–H groups in total. The van der Waals surface area contributed by atoms with Crippen molar-refractivity contribution >= 4 is 17.8 Å². The fourth-order valence-corrected chi connectivity index (χ4v) is 4.19. The van der Waals surface area contributed by atoms with Gasteiger partial charge in [-0.1, -0.05) is 19.9 Å². The lowest BCUT2D eigenvalue weighted by Crippen LogP contribution is -2.48. The van der Waals surface area contributed by atoms with Crippen molar-refractivity contribution in [3.8, 4) is 0 Å². The third-order valence-corrected chi connectivity index (χ3v) is 6.15. The molecule has 1 amide bonds. The lowest BCUT2D eigenvalue weighted by atomic mass is 9.49. The maximum atomic E-state index is 12.3. The van der Waals surface area contributed by atoms with E-state index in [1.165, 1.54) is 12.0 Å². The molecule has 0 spiro atoms. The monoisotopic (exact) mass is 339 g/mol. The molecule has 1 fully saturated rings. The zero-order valence-electron chi connectivity index (χ0n) is 15.7. The quantitative estimate of drug-likeness (QED) is 0.622. The standard InChI is InChI=1S/C21H29N3O/c1-5-24(6-2)18-11-8-15(9-12-18)20(25)23-22-14-16-7-10-17-13-19(16)21(17,3)4/h7-9,11-12,14,17,19H,5-6,10,13H2,1-4H3,(H,23,25)/b22-14+. The summed E-state index contributed by atoms with van der Waals surface area (Å²) in [7, 11) is 0. The first kappa shape index (κ1) is 17.7. The van der Waals surface area contributed by atoms with E-state index in [4.69, 9.17) is 0 Å². The molecule has 4 rings (SSSR count). The first-order valence-corrected chi connectivity index (χ1v) is 9.35. The molecule has 25 heavy (non-hydrogen) atoms. The van der Waals surface area contributed by atoms with Crippen LogP contribution in [0.25, 0.3) is 0 Å². The van der Waals surface area contributed by atoms with E-state index < -0.39 is 0 Å². The molecule has 0 saturated heterocycles. The van der Waals surface area contributed by atoms with Crippen LogP contribution in [0.2, 0.25) is 0 Å². The summed E-state index contributed by atoms with van der Waals surface area (Å²) >= 11 is 0. The van der Waals surface area contributed by atoms with Gasteiger partial charge in [-0.05, 0) is 73.8 Å². The van der Waals surface area contributed by atoms with E-state index in [-0.39, 0.29) is 5.91 Å². The average Bonchev–Trinajstić information content (AvgIpc) is 2.63. The van der Waals surface area contributed by atoms with Crippen LogP contribution >= 0.6 is 0 Å². The minimum absolute atomic E-state index is 0.162. The predicted octanol–water partition coefficient (Wildman–Crippen LogP) is 4.24. The largest absolute Gasteiger partial charge is 0.372 e. The van der Waals surface area contributed by atoms with Crippen molar-refractivity contribution in [1.29, 1.82) is 0 Å². The average molecular weight is 339 g/mol. The van der Waals surface area contributed by atoms with E-state index >= 15 is 0 Å². The molecule has 134 valence electrons. The van der Waals surface area contributed by atoms with Crippen LogP contribution in [0.3, 0.4) is 0 Å². The number of nitrogens with one attached hydrogen (secondary N) is 1. The number of carbonyl (C=O) groups excluding carboxylic acids is 1. The molecular weight excluding hydrogens is 310 g/mol. The Bertz CT molecular complexity index is 684. The van der Waals surface area contributed by atoms with Gasteiger partial charge in [-0.15, -0.1) is 0 Å². The van der Waals surface area contributed by atoms with Gasteiger partial charge in [-0.25, -0.2) is 5.43 Å². The Balaban J connectivity index is 1.59. The maximum absolute atomic E-state index is 12.3. The summed E-state index contributed by atoms with van der Waals surface area (Å²) in [4.78, 5) is 14.5. The summed E-state index contributed by atoms with van der Waals surface area (Å²) in [5, 5.41) is 4.20. The number of fused-ring (bicyclic) bond motifs is 1. The zero-order chi connectivity index (χ0) is 18.0. The number of carbonyl (C=O) groups is 1. The lowest BCUT2D eigenvalue weighted by Gasteiger charge is -2.55. The summed E-state index contributed by atoms with van der Waals surface area (Å²) in [6.07, 6.45) is 6.50. The Labute approximate surface area is 151 Å². The molecule has 1 aromatic rings. The van der Waals surface area contributed by atoms with Crippen molar-refractivity contribution in [2.24, 2.45) is 22.4 Å². The highest BCUT2D eigenvalue weighted by atomic mass is 16.2. The molecule has 1 saturated carbocycles. The van der Waals surface area contributed by atoms with Gasteiger partial charge in [-0.2, -0.15) is 5.10 Å². The van der Waals surface area contributed by atoms with Gasteiger partial charge in [0, 0.05) is 24.3 Å². The minimum atomic E-state index is -0.162. The van der Waals surface area contributed by atoms with Gasteiger partial charge in [0.2, 0.25) is 0 Å². The summed E-state index contributed by atoms with van der Waals surface area (Å²) in [5.41, 5.74) is 6.08. The third kappa shape index (κ3) is 3.35. The van der Waals surface area contributed by atoms with Crippen molar-refractivity contribution < 1.29 is 4.79 Å². The van der Waals surface area contributed by atoms with E-state index in [0.717, 1.165) is 31.1 Å². The van der Waals surface area contributed by atoms with Crippen LogP contribution in [0.1, 0.15) is 50.9 Å². The number of amides is 1. The highest BCUT2D eigenvalue weighted by molar-refractivity contribution is 5.95. The minimum Gasteiger partial charge on any atom is -0.372 e. The first-order valence-electron chi connectivity index (χ1n) is 9.35. The third-order valence-electron chi connectivity index (χ3n) is 6.15. The van der Waals surface area contributed by atoms with E-state index in [9.17, 15) is 4.79 Å². The number of rotatable bonds is 6. The van der Waals surface area contributed by atoms with E-state index in [0.29, 0.717) is 16.9 Å². The molecule has 3 aliphatic rings. The van der Waals surface area contributed by atoms with Crippen molar-refractivity contribution in [3.05, 3.63) is 41.5 Å². The smallest absolute Gasteiger partial charge is 0.271 e. The van der Waals surface area contributed by atoms with Crippen molar-refractivity contribution in [1.82, 2.24) is 5.43 Å². The second-order valence-electron chi connectivity index (χ2n) is 7.66. The lowest BCUT2D eigenvalue weighted by molar-refractivity contribution is -0.00126. The molecule has 0 aromatic heterocycles. The number of hydrogen-bond acceptors (Lipinski definition) is 3. The zero-order valence-corrected chi connectivity index (χ0v) is 15.7. The van der Waals surface area contributed by atoms with Gasteiger partial charge in [0.05, 0.1) is 6.21 Å². The molecule has 4 heteroatoms. The number of nitrogens with zero attached hydrogens (tertiary/aromatic N) is 2. The van der Waals surface area contributed by atoms with Gasteiger partial charge in [0.25, 0.3) is 5.91 Å². The van der Waals surface area contributed by atoms with Crippen LogP contribution in [0.5, 0.6) is 0 Å². The molecule has 0 aliphatic heterocycles. The summed E-state index contributed by atoms with van der Waals surface area (Å²) < 4.78 is 0. The molecule has 0 radical (unpaired) electrons. The van der Waals surface area contributed by atoms with Crippen LogP contribution in [0.15, 0.2) is 41.0 Å². The number of anilines is 1. The number of allylic oxidation sites excluding steroid dienone is 2. The van der Waals surface area contributed by atoms with E-state index in [1.54, 1.807) is 0 Å². The van der Waals surface area contributed by atoms with Crippen LogP contribution in [-0.2, 0) is 0 Å². The maximum Gasteiger partial charge on any atom is 0.271 e. The number of hydrogen-bond donors (Lipinski definition) is 1. The highest BCUT2D eigenvalue weighted by Gasteiger charge is 2.50. The molecular formula is C21H29N3O. The van der Waals surface area contributed by atoms with Crippen molar-refractivity contribution in [3.63, 3.8) is 0 Å². The Kier molecular flexibility index (Phi) is 4.98. The van der Waals surface area contributed by atoms with Gasteiger partial charge in [-0.3, -0.25) is 4.79 Å². The second kappa shape index (κ2) is 7.03. The van der Waals surface area contributed by atoms with Crippen molar-refractivity contribution in [2.45, 2.75) is 40.5 Å². The van der Waals surface area contributed by atoms with E-state index in [2.05, 4.69) is 49.2 Å². The second-order valence-corrected chi connectivity index (χ2v) is 7.66. The Morgan fingerprint density at radius 3 is 2.52 bits per heavy atom. The van der Waals surface area contributed by atoms with Crippen LogP contribution in [-0.4, -0.2) is 25.2 Å². The SMILES string of the molecule is CCN(CC)c1ccc(C(=O)N/N=C/C2=CCC3CC2C3(C)C)cc1. The fourth-order valence-electron chi connectivity index (χ4n) is 4.19. The molecule has 2 atom stereocenters. The number of hydrazone groups is 1. The van der Waals surface area contributed by atoms with Gasteiger partial charge in [0.1, 0.15) is 0 Å². The molecule has 2 unspecified atom stereocenters. The van der Waals surface area contributed by atoms with Crippen molar-refractivity contribution in [2.75, 3.05) is 18.0 Å². The molecule has 4 nitrogen and oxygen atoms in total. The molecule has 2 bridgehead atoms. The molecule has 3 aliphatic carbocycles. The Morgan fingerprint density at radius 1 is 1.28 bits per heavy atom. The van der Waals surface area contributed by atoms with Gasteiger partial charge in [0.15, 0.2) is 0 Å². The molecule has 1 aromatic carbocycles. The van der Waals surface area contributed by atoms with Crippen LogP contribution in [0.4, 0.5) is 5.69 Å². The summed E-state index contributed by atoms with van der Waals surface area (Å²) in [6, 6.07) is 7.70. The predicted molar refractivity (Wildman–Crippen MR) is 104 cm³/mol.